The van der Waals surface area contributed by atoms with Crippen LogP contribution in [-0.4, -0.2) is 76.0 Å². The van der Waals surface area contributed by atoms with Crippen LogP contribution >= 0.6 is 0 Å². The highest BCUT2D eigenvalue weighted by atomic mass is 32.2. The molecule has 0 aromatic heterocycles. The number of hydrogen-bond acceptors (Lipinski definition) is 5. The largest absolute Gasteiger partial charge is 0.378 e. The summed E-state index contributed by atoms with van der Waals surface area (Å²) in [5.41, 5.74) is 1.25. The maximum Gasteiger partial charge on any atom is 0.256 e. The number of amides is 1. The summed E-state index contributed by atoms with van der Waals surface area (Å²) in [5.74, 6) is 0.325. The first kappa shape index (κ1) is 25.6. The van der Waals surface area contributed by atoms with E-state index in [1.165, 1.54) is 4.31 Å². The van der Waals surface area contributed by atoms with Gasteiger partial charge in [-0.3, -0.25) is 4.79 Å². The second kappa shape index (κ2) is 11.8. The van der Waals surface area contributed by atoms with Gasteiger partial charge in [0.15, 0.2) is 0 Å². The number of morpholine rings is 1. The van der Waals surface area contributed by atoms with Gasteiger partial charge in [0.1, 0.15) is 0 Å². The Morgan fingerprint density at radius 3 is 2.16 bits per heavy atom. The van der Waals surface area contributed by atoms with Crippen LogP contribution in [0, 0.1) is 5.92 Å². The van der Waals surface area contributed by atoms with E-state index in [9.17, 15) is 13.2 Å². The Morgan fingerprint density at radius 2 is 1.65 bits per heavy atom. The molecule has 0 N–H and O–H groups in total. The van der Waals surface area contributed by atoms with E-state index >= 15 is 0 Å². The third-order valence-electron chi connectivity index (χ3n) is 6.20. The van der Waals surface area contributed by atoms with Gasteiger partial charge in [-0.1, -0.05) is 40.5 Å². The van der Waals surface area contributed by atoms with Gasteiger partial charge in [-0.15, -0.1) is 0 Å². The van der Waals surface area contributed by atoms with E-state index in [-0.39, 0.29) is 10.8 Å². The molecule has 1 aliphatic heterocycles. The molecule has 31 heavy (non-hydrogen) atoms. The molecule has 1 heterocycles. The number of hydrogen-bond donors (Lipinski definition) is 0. The zero-order valence-corrected chi connectivity index (χ0v) is 20.6. The molecule has 0 aliphatic carbocycles. The van der Waals surface area contributed by atoms with Crippen LogP contribution in [0.1, 0.15) is 57.8 Å². The third-order valence-corrected chi connectivity index (χ3v) is 8.24. The first-order chi connectivity index (χ1) is 14.8. The first-order valence-electron chi connectivity index (χ1n) is 11.6. The molecule has 0 saturated carbocycles. The van der Waals surface area contributed by atoms with Gasteiger partial charge < -0.3 is 14.5 Å². The van der Waals surface area contributed by atoms with E-state index in [2.05, 4.69) is 18.7 Å². The lowest BCUT2D eigenvalue weighted by atomic mass is 10.0. The quantitative estimate of drug-likeness (QED) is 0.513. The molecule has 0 radical (unpaired) electrons. The van der Waals surface area contributed by atoms with Crippen molar-refractivity contribution < 1.29 is 17.9 Å². The van der Waals surface area contributed by atoms with Crippen molar-refractivity contribution in [1.82, 2.24) is 9.21 Å². The molecule has 2 rings (SSSR count). The molecule has 8 heteroatoms. The maximum atomic E-state index is 13.7. The van der Waals surface area contributed by atoms with E-state index in [4.69, 9.17) is 4.74 Å². The summed E-state index contributed by atoms with van der Waals surface area (Å²) in [4.78, 5) is 17.8. The number of anilines is 1. The number of rotatable bonds is 11. The maximum absolute atomic E-state index is 13.7. The molecule has 0 atom stereocenters. The Morgan fingerprint density at radius 1 is 1.03 bits per heavy atom. The van der Waals surface area contributed by atoms with Crippen molar-refractivity contribution in [2.75, 3.05) is 57.4 Å². The molecule has 0 spiro atoms. The fraction of sp³-hybridized carbons (Fsp3) is 0.696. The average Bonchev–Trinajstić information content (AvgIpc) is 2.80. The van der Waals surface area contributed by atoms with Gasteiger partial charge in [0.05, 0.1) is 23.7 Å². The summed E-state index contributed by atoms with van der Waals surface area (Å²) in [5, 5.41) is 0. The molecule has 1 amide bonds. The van der Waals surface area contributed by atoms with E-state index in [1.54, 1.807) is 18.2 Å². The van der Waals surface area contributed by atoms with E-state index < -0.39 is 10.0 Å². The molecule has 1 saturated heterocycles. The van der Waals surface area contributed by atoms with Gasteiger partial charge in [-0.25, -0.2) is 8.42 Å². The minimum atomic E-state index is -3.65. The summed E-state index contributed by atoms with van der Waals surface area (Å²) < 4.78 is 33.2. The fourth-order valence-corrected chi connectivity index (χ4v) is 5.51. The van der Waals surface area contributed by atoms with Gasteiger partial charge in [0.2, 0.25) is 10.0 Å². The molecule has 1 fully saturated rings. The van der Waals surface area contributed by atoms with Crippen molar-refractivity contribution in [2.45, 2.75) is 52.4 Å². The summed E-state index contributed by atoms with van der Waals surface area (Å²) in [6.45, 7) is 14.5. The Bertz CT molecular complexity index is 814. The molecule has 1 aromatic carbocycles. The highest BCUT2D eigenvalue weighted by Gasteiger charge is 2.28. The fourth-order valence-electron chi connectivity index (χ4n) is 4.02. The predicted octanol–water partition coefficient (Wildman–Crippen LogP) is 3.45. The van der Waals surface area contributed by atoms with E-state index in [0.717, 1.165) is 18.5 Å². The molecular formula is C23H39N3O4S. The predicted molar refractivity (Wildman–Crippen MR) is 125 cm³/mol. The van der Waals surface area contributed by atoms with Crippen molar-refractivity contribution in [3.05, 3.63) is 23.8 Å². The second-order valence-electron chi connectivity index (χ2n) is 7.89. The summed E-state index contributed by atoms with van der Waals surface area (Å²) >= 11 is 0. The number of carbonyl (C=O) groups excluding carboxylic acids is 1. The molecule has 0 bridgehead atoms. The number of carbonyl (C=O) groups is 1. The highest BCUT2D eigenvalue weighted by Crippen LogP contribution is 2.28. The normalized spacial score (nSPS) is 15.0. The van der Waals surface area contributed by atoms with Crippen molar-refractivity contribution in [2.24, 2.45) is 5.92 Å². The van der Waals surface area contributed by atoms with Crippen LogP contribution in [0.3, 0.4) is 0 Å². The molecule has 0 unspecified atom stereocenters. The second-order valence-corrected chi connectivity index (χ2v) is 9.83. The van der Waals surface area contributed by atoms with Crippen LogP contribution in [0.4, 0.5) is 5.69 Å². The summed E-state index contributed by atoms with van der Waals surface area (Å²) in [6, 6.07) is 5.00. The topological polar surface area (TPSA) is 70.2 Å². The van der Waals surface area contributed by atoms with E-state index in [1.807, 2.05) is 25.7 Å². The average molecular weight is 454 g/mol. The van der Waals surface area contributed by atoms with Crippen LogP contribution in [0.15, 0.2) is 23.1 Å². The molecule has 176 valence electrons. The smallest absolute Gasteiger partial charge is 0.256 e. The highest BCUT2D eigenvalue weighted by molar-refractivity contribution is 7.89. The Balaban J connectivity index is 2.52. The van der Waals surface area contributed by atoms with Gasteiger partial charge in [-0.2, -0.15) is 4.31 Å². The Hall–Kier alpha value is -1.64. The standard InChI is InChI=1S/C23H39N3O4S/c1-6-19(7-2)18-24(8-3)23(27)21-17-20(31(28,29)26(9-4)10-5)11-12-22(21)25-13-15-30-16-14-25/h11-12,17,19H,6-10,13-16,18H2,1-5H3. The minimum absolute atomic E-state index is 0.104. The van der Waals surface area contributed by atoms with Crippen LogP contribution in [-0.2, 0) is 14.8 Å². The SMILES string of the molecule is CCC(CC)CN(CC)C(=O)c1cc(S(=O)(=O)N(CC)CC)ccc1N1CCOCC1. The number of sulfonamides is 1. The van der Waals surface area contributed by atoms with Crippen molar-refractivity contribution in [3.63, 3.8) is 0 Å². The van der Waals surface area contributed by atoms with E-state index in [0.29, 0.717) is 64.0 Å². The molecular weight excluding hydrogens is 414 g/mol. The lowest BCUT2D eigenvalue weighted by Crippen LogP contribution is -2.40. The van der Waals surface area contributed by atoms with Crippen LogP contribution in [0.25, 0.3) is 0 Å². The van der Waals surface area contributed by atoms with Gasteiger partial charge in [-0.05, 0) is 31.0 Å². The summed E-state index contributed by atoms with van der Waals surface area (Å²) in [6.07, 6.45) is 2.01. The first-order valence-corrected chi connectivity index (χ1v) is 13.0. The molecule has 1 aromatic rings. The van der Waals surface area contributed by atoms with Crippen molar-refractivity contribution in [1.29, 1.82) is 0 Å². The number of benzene rings is 1. The Labute approximate surface area is 188 Å². The Kier molecular flexibility index (Phi) is 9.78. The van der Waals surface area contributed by atoms with Crippen LogP contribution in [0.5, 0.6) is 0 Å². The summed E-state index contributed by atoms with van der Waals surface area (Å²) in [7, 11) is -3.65. The number of nitrogens with zero attached hydrogens (tertiary/aromatic N) is 3. The van der Waals surface area contributed by atoms with Gasteiger partial charge in [0, 0.05) is 45.0 Å². The number of ether oxygens (including phenoxy) is 1. The zero-order chi connectivity index (χ0) is 23.0. The monoisotopic (exact) mass is 453 g/mol. The minimum Gasteiger partial charge on any atom is -0.378 e. The third kappa shape index (κ3) is 5.99. The van der Waals surface area contributed by atoms with Crippen molar-refractivity contribution in [3.8, 4) is 0 Å². The molecule has 1 aliphatic rings. The van der Waals surface area contributed by atoms with Gasteiger partial charge >= 0.3 is 0 Å². The van der Waals surface area contributed by atoms with Crippen LogP contribution in [0.2, 0.25) is 0 Å². The van der Waals surface area contributed by atoms with Crippen LogP contribution < -0.4 is 4.90 Å². The molecule has 7 nitrogen and oxygen atoms in total. The lowest BCUT2D eigenvalue weighted by molar-refractivity contribution is 0.0734. The lowest BCUT2D eigenvalue weighted by Gasteiger charge is -2.32. The van der Waals surface area contributed by atoms with Gasteiger partial charge in [0.25, 0.3) is 5.91 Å². The van der Waals surface area contributed by atoms with Crippen molar-refractivity contribution >= 4 is 21.6 Å². The zero-order valence-electron chi connectivity index (χ0n) is 19.8.